The highest BCUT2D eigenvalue weighted by molar-refractivity contribution is 5.76. The van der Waals surface area contributed by atoms with Crippen LogP contribution in [0.25, 0.3) is 0 Å². The number of carbonyl (C=O) groups excluding carboxylic acids is 1. The van der Waals surface area contributed by atoms with Gasteiger partial charge in [-0.2, -0.15) is 0 Å². The molecule has 2 fully saturated rings. The van der Waals surface area contributed by atoms with Gasteiger partial charge in [0, 0.05) is 31.6 Å². The molecule has 0 aromatic heterocycles. The highest BCUT2D eigenvalue weighted by Crippen LogP contribution is 2.18. The molecule has 0 bridgehead atoms. The van der Waals surface area contributed by atoms with Crippen LogP contribution in [0.5, 0.6) is 0 Å². The lowest BCUT2D eigenvalue weighted by Crippen LogP contribution is -2.46. The van der Waals surface area contributed by atoms with Crippen LogP contribution in [-0.4, -0.2) is 49.6 Å². The summed E-state index contributed by atoms with van der Waals surface area (Å²) < 4.78 is 0. The van der Waals surface area contributed by atoms with Gasteiger partial charge in [-0.1, -0.05) is 25.7 Å². The molecule has 1 unspecified atom stereocenters. The molecule has 0 aromatic carbocycles. The van der Waals surface area contributed by atoms with Crippen LogP contribution in [0.1, 0.15) is 57.8 Å². The van der Waals surface area contributed by atoms with E-state index in [1.54, 1.807) is 0 Å². The molecule has 116 valence electrons. The highest BCUT2D eigenvalue weighted by Gasteiger charge is 2.22. The molecule has 1 aliphatic heterocycles. The topological polar surface area (TPSA) is 44.4 Å². The second-order valence-electron chi connectivity index (χ2n) is 6.40. The number of carbonyl (C=O) groups is 1. The first-order chi connectivity index (χ1) is 9.79. The fourth-order valence-electron chi connectivity index (χ4n) is 3.61. The fraction of sp³-hybridized carbons (Fsp3) is 0.938. The molecule has 2 rings (SSSR count). The minimum absolute atomic E-state index is 0.255. The van der Waals surface area contributed by atoms with E-state index in [1.807, 2.05) is 7.05 Å². The Morgan fingerprint density at radius 1 is 1.10 bits per heavy atom. The molecule has 1 saturated carbocycles. The molecule has 20 heavy (non-hydrogen) atoms. The zero-order valence-electron chi connectivity index (χ0n) is 13.0. The van der Waals surface area contributed by atoms with Crippen LogP contribution in [0.4, 0.5) is 0 Å². The monoisotopic (exact) mass is 281 g/mol. The molecule has 2 aliphatic rings. The number of piperidine rings is 1. The minimum atomic E-state index is 0.255. The van der Waals surface area contributed by atoms with Crippen molar-refractivity contribution >= 4 is 5.91 Å². The molecule has 2 N–H and O–H groups in total. The van der Waals surface area contributed by atoms with Crippen molar-refractivity contribution in [1.29, 1.82) is 0 Å². The molecule has 4 heteroatoms. The van der Waals surface area contributed by atoms with E-state index in [2.05, 4.69) is 15.5 Å². The van der Waals surface area contributed by atoms with Crippen molar-refractivity contribution in [3.05, 3.63) is 0 Å². The number of hydrogen-bond donors (Lipinski definition) is 2. The Morgan fingerprint density at radius 2 is 1.85 bits per heavy atom. The Bertz CT molecular complexity index is 287. The average Bonchev–Trinajstić information content (AvgIpc) is 2.48. The predicted octanol–water partition coefficient (Wildman–Crippen LogP) is 1.90. The lowest BCUT2D eigenvalue weighted by Gasteiger charge is -2.35. The summed E-state index contributed by atoms with van der Waals surface area (Å²) in [4.78, 5) is 14.6. The Morgan fingerprint density at radius 3 is 2.60 bits per heavy atom. The Labute approximate surface area is 123 Å². The van der Waals surface area contributed by atoms with Gasteiger partial charge in [-0.15, -0.1) is 0 Å². The van der Waals surface area contributed by atoms with Crippen LogP contribution >= 0.6 is 0 Å². The lowest BCUT2D eigenvalue weighted by molar-refractivity contribution is -0.122. The van der Waals surface area contributed by atoms with E-state index >= 15 is 0 Å². The summed E-state index contributed by atoms with van der Waals surface area (Å²) in [6.45, 7) is 3.12. The number of nitrogens with zero attached hydrogens (tertiary/aromatic N) is 1. The van der Waals surface area contributed by atoms with Crippen LogP contribution in [0.3, 0.4) is 0 Å². The van der Waals surface area contributed by atoms with Crippen LogP contribution in [0.15, 0.2) is 0 Å². The van der Waals surface area contributed by atoms with Crippen molar-refractivity contribution in [2.45, 2.75) is 69.9 Å². The molecular formula is C16H31N3O. The number of hydrogen-bond acceptors (Lipinski definition) is 3. The van der Waals surface area contributed by atoms with Gasteiger partial charge in [0.2, 0.25) is 5.91 Å². The maximum Gasteiger partial charge on any atom is 0.221 e. The van der Waals surface area contributed by atoms with Crippen LogP contribution in [0, 0.1) is 0 Å². The Hall–Kier alpha value is -0.610. The zero-order chi connectivity index (χ0) is 14.2. The predicted molar refractivity (Wildman–Crippen MR) is 82.8 cm³/mol. The van der Waals surface area contributed by atoms with E-state index in [4.69, 9.17) is 0 Å². The van der Waals surface area contributed by atoms with Gasteiger partial charge in [0.05, 0.1) is 0 Å². The summed E-state index contributed by atoms with van der Waals surface area (Å²) in [6, 6.07) is 1.07. The standard InChI is InChI=1S/C16H31N3O/c1-17-13-15-9-5-6-11-19(15)12-10-16(20)18-14-7-3-2-4-8-14/h14-15,17H,2-13H2,1H3,(H,18,20). The molecule has 1 atom stereocenters. The lowest BCUT2D eigenvalue weighted by atomic mass is 9.95. The fourth-order valence-corrected chi connectivity index (χ4v) is 3.61. The minimum Gasteiger partial charge on any atom is -0.353 e. The molecule has 0 aromatic rings. The smallest absolute Gasteiger partial charge is 0.221 e. The van der Waals surface area contributed by atoms with Crippen LogP contribution in [-0.2, 0) is 4.79 Å². The maximum absolute atomic E-state index is 12.1. The van der Waals surface area contributed by atoms with Crippen molar-refractivity contribution in [3.8, 4) is 0 Å². The first-order valence-corrected chi connectivity index (χ1v) is 8.47. The SMILES string of the molecule is CNCC1CCCCN1CCC(=O)NC1CCCCC1. The summed E-state index contributed by atoms with van der Waals surface area (Å²) in [7, 11) is 2.02. The zero-order valence-corrected chi connectivity index (χ0v) is 13.0. The average molecular weight is 281 g/mol. The van der Waals surface area contributed by atoms with Gasteiger partial charge >= 0.3 is 0 Å². The van der Waals surface area contributed by atoms with Crippen molar-refractivity contribution < 1.29 is 4.79 Å². The number of rotatable bonds is 6. The second-order valence-corrected chi connectivity index (χ2v) is 6.40. The molecule has 0 radical (unpaired) electrons. The number of amides is 1. The van der Waals surface area contributed by atoms with Gasteiger partial charge in [-0.05, 0) is 39.3 Å². The van der Waals surface area contributed by atoms with E-state index in [0.29, 0.717) is 18.5 Å². The maximum atomic E-state index is 12.1. The second kappa shape index (κ2) is 8.63. The van der Waals surface area contributed by atoms with Crippen molar-refractivity contribution in [2.24, 2.45) is 0 Å². The van der Waals surface area contributed by atoms with Crippen LogP contribution < -0.4 is 10.6 Å². The van der Waals surface area contributed by atoms with E-state index in [9.17, 15) is 4.79 Å². The van der Waals surface area contributed by atoms with E-state index < -0.39 is 0 Å². The Kier molecular flexibility index (Phi) is 6.80. The van der Waals surface area contributed by atoms with Crippen molar-refractivity contribution in [1.82, 2.24) is 15.5 Å². The number of likely N-dealkylation sites (tertiary alicyclic amines) is 1. The summed E-state index contributed by atoms with van der Waals surface area (Å²) in [5.74, 6) is 0.255. The molecule has 0 spiro atoms. The molecule has 1 saturated heterocycles. The first kappa shape index (κ1) is 15.8. The van der Waals surface area contributed by atoms with Gasteiger partial charge in [0.25, 0.3) is 0 Å². The highest BCUT2D eigenvalue weighted by atomic mass is 16.1. The third-order valence-corrected chi connectivity index (χ3v) is 4.79. The number of likely N-dealkylation sites (N-methyl/N-ethyl adjacent to an activating group) is 1. The van der Waals surface area contributed by atoms with Crippen LogP contribution in [0.2, 0.25) is 0 Å². The number of nitrogens with one attached hydrogen (secondary N) is 2. The van der Waals surface area contributed by atoms with E-state index in [0.717, 1.165) is 19.6 Å². The third-order valence-electron chi connectivity index (χ3n) is 4.79. The molecule has 4 nitrogen and oxygen atoms in total. The van der Waals surface area contributed by atoms with Gasteiger partial charge in [0.15, 0.2) is 0 Å². The Balaban J connectivity index is 1.68. The summed E-state index contributed by atoms with van der Waals surface area (Å²) >= 11 is 0. The molecular weight excluding hydrogens is 250 g/mol. The summed E-state index contributed by atoms with van der Waals surface area (Å²) in [5.41, 5.74) is 0. The molecule has 1 aliphatic carbocycles. The largest absolute Gasteiger partial charge is 0.353 e. The van der Waals surface area contributed by atoms with E-state index in [-0.39, 0.29) is 5.91 Å². The van der Waals surface area contributed by atoms with Crippen molar-refractivity contribution in [3.63, 3.8) is 0 Å². The van der Waals surface area contributed by atoms with Gasteiger partial charge in [0.1, 0.15) is 0 Å². The molecule has 1 heterocycles. The summed E-state index contributed by atoms with van der Waals surface area (Å²) in [6.07, 6.45) is 10.8. The van der Waals surface area contributed by atoms with Crippen molar-refractivity contribution in [2.75, 3.05) is 26.7 Å². The van der Waals surface area contributed by atoms with Gasteiger partial charge < -0.3 is 10.6 Å². The third kappa shape index (κ3) is 5.06. The normalized spacial score (nSPS) is 25.6. The summed E-state index contributed by atoms with van der Waals surface area (Å²) in [5, 5.41) is 6.50. The quantitative estimate of drug-likeness (QED) is 0.781. The first-order valence-electron chi connectivity index (χ1n) is 8.47. The van der Waals surface area contributed by atoms with E-state index in [1.165, 1.54) is 51.4 Å². The molecule has 1 amide bonds. The van der Waals surface area contributed by atoms with Gasteiger partial charge in [-0.3, -0.25) is 9.69 Å². The van der Waals surface area contributed by atoms with Gasteiger partial charge in [-0.25, -0.2) is 0 Å².